The summed E-state index contributed by atoms with van der Waals surface area (Å²) in [6, 6.07) is 0. The number of unbranched alkanes of at least 4 members (excludes halogenated alkanes) is 20. The molecule has 0 aromatic rings. The van der Waals surface area contributed by atoms with Crippen LogP contribution < -0.4 is 5.84 Å². The number of nitrogens with two attached hydrogens (primary N) is 1. The molecule has 0 saturated carbocycles. The molecule has 6 heteroatoms. The van der Waals surface area contributed by atoms with Crippen molar-refractivity contribution < 1.29 is 4.79 Å². The van der Waals surface area contributed by atoms with Crippen LogP contribution in [0.2, 0.25) is 0 Å². The maximum Gasteiger partial charge on any atom is 0.132 e. The van der Waals surface area contributed by atoms with Gasteiger partial charge in [0.2, 0.25) is 0 Å². The molecule has 0 rings (SSSR count). The van der Waals surface area contributed by atoms with Crippen LogP contribution in [0.3, 0.4) is 0 Å². The first-order valence-corrected chi connectivity index (χ1v) is 20.7. The van der Waals surface area contributed by atoms with Crippen molar-refractivity contribution in [2.45, 2.75) is 221 Å². The van der Waals surface area contributed by atoms with Crippen LogP contribution in [0.4, 0.5) is 0 Å². The highest BCUT2D eigenvalue weighted by Gasteiger charge is 2.14. The summed E-state index contributed by atoms with van der Waals surface area (Å²) < 4.78 is 0. The van der Waals surface area contributed by atoms with Gasteiger partial charge in [-0.25, -0.2) is 0 Å². The van der Waals surface area contributed by atoms with Gasteiger partial charge < -0.3 is 5.01 Å². The summed E-state index contributed by atoms with van der Waals surface area (Å²) in [6.07, 6.45) is 37.7. The van der Waals surface area contributed by atoms with Gasteiger partial charge in [-0.3, -0.25) is 15.6 Å². The van der Waals surface area contributed by atoms with Gasteiger partial charge in [-0.05, 0) is 45.4 Å². The van der Waals surface area contributed by atoms with Gasteiger partial charge in [-0.1, -0.05) is 182 Å². The standard InChI is InChI=1S/C21H44N2.C19H38O.C2H8N2.HI/c1-6-8-10-12-14-16-18-21(20(3)22-23(4)5)19-17-15-13-11-9-7-2;1-4-6-8-10-12-14-16-19(18(3)20)17-15-13-11-9-7-5-2;1-4(2)3;/h21H,6-19H2,1-5H3;19H,4-17H2,1-3H3;3H2,1-2H3;1H/b22-20+;;;. The van der Waals surface area contributed by atoms with Gasteiger partial charge >= 0.3 is 0 Å². The van der Waals surface area contributed by atoms with Crippen molar-refractivity contribution in [1.82, 2.24) is 10.0 Å². The molecule has 0 heterocycles. The van der Waals surface area contributed by atoms with Crippen LogP contribution in [-0.2, 0) is 4.79 Å². The number of carbonyl (C=O) groups excluding carboxylic acids is 1. The third kappa shape index (κ3) is 47.9. The highest BCUT2D eigenvalue weighted by atomic mass is 127. The minimum Gasteiger partial charge on any atom is -0.303 e. The first kappa shape index (κ1) is 54.6. The summed E-state index contributed by atoms with van der Waals surface area (Å²) in [7, 11) is 7.63. The molecule has 0 aromatic carbocycles. The normalized spacial score (nSPS) is 11.2. The zero-order valence-electron chi connectivity index (χ0n) is 34.7. The zero-order chi connectivity index (χ0) is 36.0. The van der Waals surface area contributed by atoms with Crippen LogP contribution in [0, 0.1) is 11.8 Å². The Kier molecular flexibility index (Phi) is 50.9. The summed E-state index contributed by atoms with van der Waals surface area (Å²) in [4.78, 5) is 11.7. The monoisotopic (exact) mass is 795 g/mol. The molecular formula is C42H91IN4O. The predicted molar refractivity (Wildman–Crippen MR) is 230 cm³/mol. The van der Waals surface area contributed by atoms with Crippen molar-refractivity contribution >= 4 is 35.5 Å². The van der Waals surface area contributed by atoms with Crippen LogP contribution in [0.15, 0.2) is 5.10 Å². The number of nitrogens with zero attached hydrogens (tertiary/aromatic N) is 3. The van der Waals surface area contributed by atoms with E-state index in [1.54, 1.807) is 21.0 Å². The number of rotatable bonds is 31. The largest absolute Gasteiger partial charge is 0.303 e. The molecule has 0 unspecified atom stereocenters. The lowest BCUT2D eigenvalue weighted by atomic mass is 9.91. The van der Waals surface area contributed by atoms with E-state index in [2.05, 4.69) is 39.7 Å². The second-order valence-electron chi connectivity index (χ2n) is 14.8. The van der Waals surface area contributed by atoms with Gasteiger partial charge in [-0.2, -0.15) is 5.10 Å². The molecule has 48 heavy (non-hydrogen) atoms. The summed E-state index contributed by atoms with van der Waals surface area (Å²) in [5.74, 6) is 6.43. The third-order valence-corrected chi connectivity index (χ3v) is 9.15. The van der Waals surface area contributed by atoms with Crippen molar-refractivity contribution in [3.05, 3.63) is 0 Å². The molecule has 2 N–H and O–H groups in total. The molecule has 0 fully saturated rings. The minimum atomic E-state index is 0. The van der Waals surface area contributed by atoms with E-state index in [1.807, 2.05) is 19.1 Å². The van der Waals surface area contributed by atoms with Gasteiger partial charge in [0.15, 0.2) is 0 Å². The van der Waals surface area contributed by atoms with Crippen molar-refractivity contribution in [2.24, 2.45) is 22.8 Å². The molecular weight excluding hydrogens is 703 g/mol. The number of carbonyl (C=O) groups is 1. The Morgan fingerprint density at radius 2 is 0.708 bits per heavy atom. The van der Waals surface area contributed by atoms with E-state index in [1.165, 1.54) is 178 Å². The molecule has 0 spiro atoms. The summed E-state index contributed by atoms with van der Waals surface area (Å²) in [5, 5.41) is 8.15. The predicted octanol–water partition coefficient (Wildman–Crippen LogP) is 13.8. The fraction of sp³-hybridized carbons (Fsp3) is 0.952. The Bertz CT molecular complexity index is 606. The van der Waals surface area contributed by atoms with E-state index in [-0.39, 0.29) is 24.0 Å². The molecule has 292 valence electrons. The topological polar surface area (TPSA) is 61.9 Å². The van der Waals surface area contributed by atoms with Crippen LogP contribution in [0.1, 0.15) is 221 Å². The minimum absolute atomic E-state index is 0. The second-order valence-corrected chi connectivity index (χ2v) is 14.8. The SMILES string of the molecule is CCCCCCCCC(CCCCCCCC)/C(C)=N/N(C)C.CCCCCCCCC(CCCCCCCC)C(C)=O.CN(C)N.I. The highest BCUT2D eigenvalue weighted by Crippen LogP contribution is 2.22. The molecule has 0 aliphatic rings. The molecule has 0 bridgehead atoms. The average Bonchev–Trinajstić information content (AvgIpc) is 3.01. The summed E-state index contributed by atoms with van der Waals surface area (Å²) in [6.45, 7) is 13.1. The highest BCUT2D eigenvalue weighted by molar-refractivity contribution is 14.0. The van der Waals surface area contributed by atoms with Crippen molar-refractivity contribution in [3.63, 3.8) is 0 Å². The lowest BCUT2D eigenvalue weighted by Gasteiger charge is -2.18. The molecule has 0 aliphatic heterocycles. The van der Waals surface area contributed by atoms with Crippen LogP contribution in [-0.4, -0.2) is 49.7 Å². The first-order valence-electron chi connectivity index (χ1n) is 20.7. The van der Waals surface area contributed by atoms with Crippen molar-refractivity contribution in [1.29, 1.82) is 0 Å². The van der Waals surface area contributed by atoms with Gasteiger partial charge in [0.05, 0.1) is 0 Å². The lowest BCUT2D eigenvalue weighted by Crippen LogP contribution is -2.18. The Labute approximate surface area is 321 Å². The number of hydrazone groups is 1. The van der Waals surface area contributed by atoms with Crippen LogP contribution in [0.5, 0.6) is 0 Å². The Morgan fingerprint density at radius 3 is 0.938 bits per heavy atom. The number of hydrazine groups is 1. The average molecular weight is 795 g/mol. The van der Waals surface area contributed by atoms with E-state index >= 15 is 0 Å². The van der Waals surface area contributed by atoms with E-state index in [9.17, 15) is 4.79 Å². The molecule has 5 nitrogen and oxygen atoms in total. The number of hydrogen-bond acceptors (Lipinski definition) is 5. The maximum absolute atomic E-state index is 11.7. The molecule has 0 saturated heterocycles. The van der Waals surface area contributed by atoms with E-state index in [0.29, 0.717) is 17.6 Å². The second kappa shape index (κ2) is 44.8. The zero-order valence-corrected chi connectivity index (χ0v) is 37.0. The number of Topliss-reactive ketones (excluding diaryl/α,β-unsaturated/α-hetero) is 1. The fourth-order valence-corrected chi connectivity index (χ4v) is 6.19. The van der Waals surface area contributed by atoms with Gasteiger partial charge in [0, 0.05) is 39.8 Å². The van der Waals surface area contributed by atoms with Gasteiger partial charge in [0.1, 0.15) is 5.78 Å². The van der Waals surface area contributed by atoms with Crippen LogP contribution in [0.25, 0.3) is 0 Å². The molecule has 0 radical (unpaired) electrons. The summed E-state index contributed by atoms with van der Waals surface area (Å²) >= 11 is 0. The Hall–Kier alpha value is -0.210. The van der Waals surface area contributed by atoms with Crippen molar-refractivity contribution in [2.75, 3.05) is 28.2 Å². The molecule has 0 amide bonds. The first-order chi connectivity index (χ1) is 22.6. The van der Waals surface area contributed by atoms with E-state index in [0.717, 1.165) is 12.8 Å². The molecule has 0 atom stereocenters. The molecule has 0 aliphatic carbocycles. The number of ketones is 1. The fourth-order valence-electron chi connectivity index (χ4n) is 6.19. The maximum atomic E-state index is 11.7. The molecule has 0 aromatic heterocycles. The van der Waals surface area contributed by atoms with E-state index < -0.39 is 0 Å². The number of halogens is 1. The lowest BCUT2D eigenvalue weighted by molar-refractivity contribution is -0.121. The Balaban J connectivity index is -0.000000358. The number of hydrogen-bond donors (Lipinski definition) is 1. The smallest absolute Gasteiger partial charge is 0.132 e. The Morgan fingerprint density at radius 1 is 0.479 bits per heavy atom. The summed E-state index contributed by atoms with van der Waals surface area (Å²) in [5.41, 5.74) is 1.34. The van der Waals surface area contributed by atoms with Gasteiger partial charge in [0.25, 0.3) is 0 Å². The van der Waals surface area contributed by atoms with Crippen LogP contribution >= 0.6 is 24.0 Å². The van der Waals surface area contributed by atoms with E-state index in [4.69, 9.17) is 5.84 Å². The van der Waals surface area contributed by atoms with Crippen molar-refractivity contribution in [3.8, 4) is 0 Å². The third-order valence-electron chi connectivity index (χ3n) is 9.15. The quantitative estimate of drug-likeness (QED) is 0.0250. The van der Waals surface area contributed by atoms with Gasteiger partial charge in [-0.15, -0.1) is 24.0 Å².